The molecule has 1 heterocycles. The van der Waals surface area contributed by atoms with Crippen LogP contribution in [0.4, 0.5) is 10.5 Å². The number of hydrogen-bond donors (Lipinski definition) is 2. The normalized spacial score (nSPS) is 18.4. The van der Waals surface area contributed by atoms with E-state index in [-0.39, 0.29) is 37.0 Å². The number of nitrogens with two attached hydrogens (primary N) is 1. The van der Waals surface area contributed by atoms with E-state index in [4.69, 9.17) is 24.3 Å². The molecule has 1 amide bonds. The number of nitrogens with zero attached hydrogens (tertiary/aromatic N) is 2. The SMILES string of the molecule is CC(C)CN(CC(OP(=O)([O-])OCC[N+](C)(C)C)C(Cc1ccccc1)NC(=O)OC1CCOC1)S(=O)(=O)c1ccc(N)cc1. The number of phosphoric ester groups is 1. The first kappa shape index (κ1) is 36.9. The van der Waals surface area contributed by atoms with Crippen molar-refractivity contribution in [2.24, 2.45) is 5.92 Å². The molecule has 0 aromatic heterocycles. The fourth-order valence-corrected chi connectivity index (χ4v) is 7.14. The third-order valence-corrected chi connectivity index (χ3v) is 9.83. The van der Waals surface area contributed by atoms with E-state index < -0.39 is 48.7 Å². The minimum atomic E-state index is -5.00. The van der Waals surface area contributed by atoms with Gasteiger partial charge < -0.3 is 38.9 Å². The number of quaternary nitrogens is 1. The van der Waals surface area contributed by atoms with Crippen LogP contribution in [0, 0.1) is 5.92 Å². The van der Waals surface area contributed by atoms with Crippen molar-refractivity contribution in [3.05, 3.63) is 60.2 Å². The quantitative estimate of drug-likeness (QED) is 0.145. The number of likely N-dealkylation sites (N-methyl/N-ethyl adjacent to an activating group) is 1. The van der Waals surface area contributed by atoms with Gasteiger partial charge in [0.15, 0.2) is 0 Å². The van der Waals surface area contributed by atoms with Crippen molar-refractivity contribution >= 4 is 29.6 Å². The molecule has 0 spiro atoms. The highest BCUT2D eigenvalue weighted by Crippen LogP contribution is 2.41. The van der Waals surface area contributed by atoms with Gasteiger partial charge in [-0.15, -0.1) is 0 Å². The van der Waals surface area contributed by atoms with E-state index in [1.807, 2.05) is 53.2 Å². The van der Waals surface area contributed by atoms with Crippen molar-refractivity contribution in [1.29, 1.82) is 0 Å². The zero-order chi connectivity index (χ0) is 33.3. The molecule has 1 aliphatic rings. The van der Waals surface area contributed by atoms with E-state index in [9.17, 15) is 22.7 Å². The number of nitrogen functional groups attached to an aromatic ring is 1. The van der Waals surface area contributed by atoms with E-state index in [0.29, 0.717) is 29.7 Å². The molecular formula is C30H47N4O9PS. The lowest BCUT2D eigenvalue weighted by atomic mass is 10.0. The van der Waals surface area contributed by atoms with Gasteiger partial charge in [-0.1, -0.05) is 44.2 Å². The fraction of sp³-hybridized carbons (Fsp3) is 0.567. The Labute approximate surface area is 266 Å². The number of carbonyl (C=O) groups is 1. The molecule has 13 nitrogen and oxygen atoms in total. The Kier molecular flexibility index (Phi) is 13.4. The van der Waals surface area contributed by atoms with Crippen LogP contribution in [-0.4, -0.2) is 102 Å². The van der Waals surface area contributed by atoms with Gasteiger partial charge in [0.25, 0.3) is 7.82 Å². The number of anilines is 1. The lowest BCUT2D eigenvalue weighted by Crippen LogP contribution is -2.52. The molecule has 4 unspecified atom stereocenters. The molecule has 15 heteroatoms. The highest BCUT2D eigenvalue weighted by atomic mass is 32.2. The van der Waals surface area contributed by atoms with Crippen LogP contribution in [0.2, 0.25) is 0 Å². The molecule has 1 saturated heterocycles. The van der Waals surface area contributed by atoms with Gasteiger partial charge >= 0.3 is 6.09 Å². The maximum Gasteiger partial charge on any atom is 0.407 e. The van der Waals surface area contributed by atoms with Crippen molar-refractivity contribution in [2.45, 2.75) is 49.8 Å². The predicted molar refractivity (Wildman–Crippen MR) is 169 cm³/mol. The molecule has 1 fully saturated rings. The first-order valence-electron chi connectivity index (χ1n) is 14.9. The van der Waals surface area contributed by atoms with E-state index in [0.717, 1.165) is 9.87 Å². The fourth-order valence-electron chi connectivity index (χ4n) is 4.61. The van der Waals surface area contributed by atoms with E-state index in [2.05, 4.69) is 5.32 Å². The average Bonchev–Trinajstić information content (AvgIpc) is 3.44. The maximum absolute atomic E-state index is 13.9. The lowest BCUT2D eigenvalue weighted by Gasteiger charge is -2.36. The summed E-state index contributed by atoms with van der Waals surface area (Å²) in [4.78, 5) is 26.3. The van der Waals surface area contributed by atoms with Gasteiger partial charge in [0.1, 0.15) is 25.4 Å². The zero-order valence-electron chi connectivity index (χ0n) is 26.7. The van der Waals surface area contributed by atoms with E-state index in [1.165, 1.54) is 24.3 Å². The molecule has 0 radical (unpaired) electrons. The summed E-state index contributed by atoms with van der Waals surface area (Å²) in [5, 5.41) is 2.75. The smallest absolute Gasteiger partial charge is 0.407 e. The number of phosphoric acid groups is 1. The third-order valence-electron chi connectivity index (χ3n) is 6.96. The molecular weight excluding hydrogens is 623 g/mol. The summed E-state index contributed by atoms with van der Waals surface area (Å²) in [6.07, 6.45) is -2.03. The largest absolute Gasteiger partial charge is 0.756 e. The van der Waals surface area contributed by atoms with Gasteiger partial charge in [0.05, 0.1) is 45.3 Å². The van der Waals surface area contributed by atoms with E-state index >= 15 is 0 Å². The molecule has 1 aliphatic heterocycles. The van der Waals surface area contributed by atoms with Gasteiger partial charge in [-0.2, -0.15) is 4.31 Å². The summed E-state index contributed by atoms with van der Waals surface area (Å²) < 4.78 is 64.4. The topological polar surface area (TPSA) is 170 Å². The second kappa shape index (κ2) is 16.3. The Morgan fingerprint density at radius 3 is 2.38 bits per heavy atom. The zero-order valence-corrected chi connectivity index (χ0v) is 28.4. The molecule has 0 saturated carbocycles. The number of sulfonamides is 1. The van der Waals surface area contributed by atoms with Gasteiger partial charge in [0.2, 0.25) is 10.0 Å². The van der Waals surface area contributed by atoms with Gasteiger partial charge in [-0.25, -0.2) is 13.2 Å². The molecule has 4 atom stereocenters. The number of carbonyl (C=O) groups excluding carboxylic acids is 1. The Morgan fingerprint density at radius 2 is 1.80 bits per heavy atom. The predicted octanol–water partition coefficient (Wildman–Crippen LogP) is 2.62. The van der Waals surface area contributed by atoms with Crippen LogP contribution >= 0.6 is 7.82 Å². The number of amides is 1. The molecule has 2 aromatic rings. The number of ether oxygens (including phenoxy) is 2. The van der Waals surface area contributed by atoms with Gasteiger partial charge in [-0.3, -0.25) is 4.57 Å². The van der Waals surface area contributed by atoms with Gasteiger partial charge in [0, 0.05) is 25.2 Å². The van der Waals surface area contributed by atoms with Crippen LogP contribution in [0.1, 0.15) is 25.8 Å². The molecule has 2 aromatic carbocycles. The molecule has 0 aliphatic carbocycles. The van der Waals surface area contributed by atoms with Crippen LogP contribution in [0.5, 0.6) is 0 Å². The minimum Gasteiger partial charge on any atom is -0.756 e. The van der Waals surface area contributed by atoms with Gasteiger partial charge in [-0.05, 0) is 42.2 Å². The summed E-state index contributed by atoms with van der Waals surface area (Å²) in [7, 11) is -3.50. The Hall–Kier alpha value is -2.55. The van der Waals surface area contributed by atoms with E-state index in [1.54, 1.807) is 12.1 Å². The summed E-state index contributed by atoms with van der Waals surface area (Å²) in [5.41, 5.74) is 6.94. The van der Waals surface area contributed by atoms with Crippen LogP contribution < -0.4 is 15.9 Å². The number of hydrogen-bond acceptors (Lipinski definition) is 10. The summed E-state index contributed by atoms with van der Waals surface area (Å²) in [6, 6.07) is 13.8. The van der Waals surface area contributed by atoms with Crippen LogP contribution in [0.25, 0.3) is 0 Å². The van der Waals surface area contributed by atoms with Crippen molar-refractivity contribution in [2.75, 3.05) is 66.3 Å². The van der Waals surface area contributed by atoms with Crippen molar-refractivity contribution < 1.29 is 45.7 Å². The molecule has 3 rings (SSSR count). The van der Waals surface area contributed by atoms with Crippen LogP contribution in [0.15, 0.2) is 59.5 Å². The third kappa shape index (κ3) is 12.6. The lowest BCUT2D eigenvalue weighted by molar-refractivity contribution is -0.870. The first-order chi connectivity index (χ1) is 21.0. The first-order valence-corrected chi connectivity index (χ1v) is 17.8. The number of benzene rings is 2. The Bertz CT molecular complexity index is 1370. The number of alkyl carbamates (subject to hydrolysis) is 1. The summed E-state index contributed by atoms with van der Waals surface area (Å²) in [5.74, 6) is -0.137. The second-order valence-electron chi connectivity index (χ2n) is 12.6. The molecule has 0 bridgehead atoms. The Balaban J connectivity index is 2.00. The minimum absolute atomic E-state index is 0.0196. The average molecular weight is 671 g/mol. The highest BCUT2D eigenvalue weighted by Gasteiger charge is 2.36. The maximum atomic E-state index is 13.9. The summed E-state index contributed by atoms with van der Waals surface area (Å²) >= 11 is 0. The van der Waals surface area contributed by atoms with Crippen LogP contribution in [-0.2, 0) is 39.5 Å². The monoisotopic (exact) mass is 670 g/mol. The number of rotatable bonds is 17. The van der Waals surface area contributed by atoms with Crippen molar-refractivity contribution in [3.8, 4) is 0 Å². The molecule has 45 heavy (non-hydrogen) atoms. The summed E-state index contributed by atoms with van der Waals surface area (Å²) in [6.45, 7) is 4.22. The second-order valence-corrected chi connectivity index (χ2v) is 15.9. The number of nitrogens with one attached hydrogen (secondary N) is 1. The van der Waals surface area contributed by atoms with Crippen LogP contribution in [0.3, 0.4) is 0 Å². The Morgan fingerprint density at radius 1 is 1.13 bits per heavy atom. The van der Waals surface area contributed by atoms with Crippen molar-refractivity contribution in [1.82, 2.24) is 9.62 Å². The highest BCUT2D eigenvalue weighted by molar-refractivity contribution is 7.89. The standard InChI is InChI=1S/C30H47N4O9PS/c1-23(2)20-33(45(38,39)27-13-11-25(31)12-14-27)21-29(43-44(36,37)41-18-16-34(3,4)5)28(19-24-9-7-6-8-10-24)32-30(35)42-26-15-17-40-22-26/h6-14,23,26,28-29H,15-22,31H2,1-5H3,(H-,32,35,36,37). The molecule has 252 valence electrons. The van der Waals surface area contributed by atoms with Crippen molar-refractivity contribution in [3.63, 3.8) is 0 Å². The molecule has 3 N–H and O–H groups in total.